The van der Waals surface area contributed by atoms with Crippen LogP contribution in [0.4, 0.5) is 11.4 Å². The van der Waals surface area contributed by atoms with Crippen LogP contribution in [0, 0.1) is 11.3 Å². The molecular formula is C14H12ClN3. The molecule has 0 aliphatic carbocycles. The van der Waals surface area contributed by atoms with Crippen LogP contribution in [0.3, 0.4) is 0 Å². The number of nitrogen functional groups attached to an aromatic ring is 1. The molecule has 0 fully saturated rings. The van der Waals surface area contributed by atoms with E-state index in [1.54, 1.807) is 6.07 Å². The van der Waals surface area contributed by atoms with Crippen LogP contribution in [0.2, 0.25) is 5.02 Å². The van der Waals surface area contributed by atoms with Crippen molar-refractivity contribution in [2.24, 2.45) is 0 Å². The Morgan fingerprint density at radius 2 is 2.06 bits per heavy atom. The number of hydrogen-bond acceptors (Lipinski definition) is 3. The minimum Gasteiger partial charge on any atom is -0.398 e. The van der Waals surface area contributed by atoms with Gasteiger partial charge < -0.3 is 11.1 Å². The van der Waals surface area contributed by atoms with E-state index in [1.165, 1.54) is 0 Å². The fraction of sp³-hybridized carbons (Fsp3) is 0.0714. The van der Waals surface area contributed by atoms with E-state index in [0.29, 0.717) is 16.3 Å². The molecule has 0 aromatic heterocycles. The fourth-order valence-electron chi connectivity index (χ4n) is 1.77. The number of nitriles is 1. The van der Waals surface area contributed by atoms with Crippen molar-refractivity contribution in [3.05, 3.63) is 47.0 Å². The van der Waals surface area contributed by atoms with E-state index in [1.807, 2.05) is 43.4 Å². The quantitative estimate of drug-likeness (QED) is 0.810. The number of hydrogen-bond donors (Lipinski definition) is 2. The van der Waals surface area contributed by atoms with Crippen molar-refractivity contribution in [2.45, 2.75) is 0 Å². The first kappa shape index (κ1) is 12.3. The van der Waals surface area contributed by atoms with E-state index >= 15 is 0 Å². The lowest BCUT2D eigenvalue weighted by Crippen LogP contribution is -1.93. The average molecular weight is 258 g/mol. The summed E-state index contributed by atoms with van der Waals surface area (Å²) in [4.78, 5) is 0. The maximum atomic E-state index is 9.04. The summed E-state index contributed by atoms with van der Waals surface area (Å²) in [6.07, 6.45) is 0. The standard InChI is InChI=1S/C14H12ClN3/c1-18-10-4-2-3-9(7-10)11-5-6-13(17)12(8-16)14(11)15/h2-7,18H,17H2,1H3. The van der Waals surface area contributed by atoms with Gasteiger partial charge in [0.1, 0.15) is 6.07 Å². The summed E-state index contributed by atoms with van der Waals surface area (Å²) in [7, 11) is 1.85. The molecule has 0 unspecified atom stereocenters. The number of rotatable bonds is 2. The lowest BCUT2D eigenvalue weighted by atomic mass is 10.0. The number of halogens is 1. The summed E-state index contributed by atoms with van der Waals surface area (Å²) >= 11 is 6.22. The molecule has 0 aliphatic rings. The SMILES string of the molecule is CNc1cccc(-c2ccc(N)c(C#N)c2Cl)c1. The largest absolute Gasteiger partial charge is 0.398 e. The number of nitrogens with zero attached hydrogens (tertiary/aromatic N) is 1. The molecule has 0 spiro atoms. The Balaban J connectivity index is 2.61. The maximum absolute atomic E-state index is 9.04. The lowest BCUT2D eigenvalue weighted by molar-refractivity contribution is 1.47. The third kappa shape index (κ3) is 2.11. The Kier molecular flexibility index (Phi) is 3.40. The number of benzene rings is 2. The fourth-order valence-corrected chi connectivity index (χ4v) is 2.09. The third-order valence-electron chi connectivity index (χ3n) is 2.75. The van der Waals surface area contributed by atoms with Crippen molar-refractivity contribution >= 4 is 23.0 Å². The summed E-state index contributed by atoms with van der Waals surface area (Å²) in [5.74, 6) is 0. The van der Waals surface area contributed by atoms with Gasteiger partial charge in [0.25, 0.3) is 0 Å². The molecule has 18 heavy (non-hydrogen) atoms. The first-order valence-electron chi connectivity index (χ1n) is 5.43. The van der Waals surface area contributed by atoms with E-state index in [9.17, 15) is 0 Å². The van der Waals surface area contributed by atoms with Gasteiger partial charge in [-0.25, -0.2) is 0 Å². The topological polar surface area (TPSA) is 61.8 Å². The van der Waals surface area contributed by atoms with Crippen LogP contribution in [0.15, 0.2) is 36.4 Å². The molecule has 0 atom stereocenters. The summed E-state index contributed by atoms with van der Waals surface area (Å²) < 4.78 is 0. The van der Waals surface area contributed by atoms with Gasteiger partial charge >= 0.3 is 0 Å². The molecule has 0 radical (unpaired) electrons. The van der Waals surface area contributed by atoms with Gasteiger partial charge in [-0.3, -0.25) is 0 Å². The predicted molar refractivity (Wildman–Crippen MR) is 75.6 cm³/mol. The maximum Gasteiger partial charge on any atom is 0.103 e. The Morgan fingerprint density at radius 1 is 1.28 bits per heavy atom. The van der Waals surface area contributed by atoms with Gasteiger partial charge in [-0.1, -0.05) is 29.8 Å². The van der Waals surface area contributed by atoms with Crippen molar-refractivity contribution < 1.29 is 0 Å². The molecule has 3 nitrogen and oxygen atoms in total. The molecule has 0 amide bonds. The molecule has 2 rings (SSSR count). The predicted octanol–water partition coefficient (Wildman–Crippen LogP) is 3.50. The second-order valence-corrected chi connectivity index (χ2v) is 4.21. The van der Waals surface area contributed by atoms with Crippen LogP contribution >= 0.6 is 11.6 Å². The molecule has 0 bridgehead atoms. The van der Waals surface area contributed by atoms with E-state index < -0.39 is 0 Å². The molecule has 0 heterocycles. The summed E-state index contributed by atoms with van der Waals surface area (Å²) in [5.41, 5.74) is 9.18. The Hall–Kier alpha value is -2.18. The Morgan fingerprint density at radius 3 is 2.72 bits per heavy atom. The molecule has 3 N–H and O–H groups in total. The van der Waals surface area contributed by atoms with Gasteiger partial charge in [0, 0.05) is 18.3 Å². The van der Waals surface area contributed by atoms with Gasteiger partial charge in [-0.2, -0.15) is 5.26 Å². The smallest absolute Gasteiger partial charge is 0.103 e. The molecule has 2 aromatic rings. The highest BCUT2D eigenvalue weighted by atomic mass is 35.5. The number of anilines is 2. The lowest BCUT2D eigenvalue weighted by Gasteiger charge is -2.09. The van der Waals surface area contributed by atoms with Gasteiger partial charge in [0.15, 0.2) is 0 Å². The van der Waals surface area contributed by atoms with Crippen molar-refractivity contribution in [2.75, 3.05) is 18.1 Å². The monoisotopic (exact) mass is 257 g/mol. The first-order valence-corrected chi connectivity index (χ1v) is 5.81. The second-order valence-electron chi connectivity index (χ2n) is 3.83. The zero-order valence-electron chi connectivity index (χ0n) is 9.87. The van der Waals surface area contributed by atoms with E-state index in [-0.39, 0.29) is 0 Å². The first-order chi connectivity index (χ1) is 8.67. The summed E-state index contributed by atoms with van der Waals surface area (Å²) in [6, 6.07) is 13.4. The molecule has 4 heteroatoms. The highest BCUT2D eigenvalue weighted by Gasteiger charge is 2.11. The molecular weight excluding hydrogens is 246 g/mol. The summed E-state index contributed by atoms with van der Waals surface area (Å²) in [5, 5.41) is 12.5. The molecule has 90 valence electrons. The van der Waals surface area contributed by atoms with Crippen LogP contribution in [-0.2, 0) is 0 Å². The van der Waals surface area contributed by atoms with E-state index in [4.69, 9.17) is 22.6 Å². The Bertz CT molecular complexity index is 629. The van der Waals surface area contributed by atoms with Crippen LogP contribution in [-0.4, -0.2) is 7.05 Å². The zero-order valence-corrected chi connectivity index (χ0v) is 10.6. The van der Waals surface area contributed by atoms with Gasteiger partial charge in [-0.05, 0) is 23.8 Å². The van der Waals surface area contributed by atoms with Gasteiger partial charge in [0.2, 0.25) is 0 Å². The number of nitrogens with one attached hydrogen (secondary N) is 1. The number of nitrogens with two attached hydrogens (primary N) is 1. The van der Waals surface area contributed by atoms with Crippen molar-refractivity contribution in [3.8, 4) is 17.2 Å². The van der Waals surface area contributed by atoms with Crippen molar-refractivity contribution in [1.29, 1.82) is 5.26 Å². The van der Waals surface area contributed by atoms with Crippen LogP contribution < -0.4 is 11.1 Å². The molecule has 0 aliphatic heterocycles. The van der Waals surface area contributed by atoms with Gasteiger partial charge in [-0.15, -0.1) is 0 Å². The highest BCUT2D eigenvalue weighted by molar-refractivity contribution is 6.35. The Labute approximate surface area is 111 Å². The normalized spacial score (nSPS) is 9.83. The molecule has 0 saturated heterocycles. The summed E-state index contributed by atoms with van der Waals surface area (Å²) in [6.45, 7) is 0. The highest BCUT2D eigenvalue weighted by Crippen LogP contribution is 2.34. The van der Waals surface area contributed by atoms with E-state index in [2.05, 4.69) is 5.32 Å². The van der Waals surface area contributed by atoms with Crippen molar-refractivity contribution in [1.82, 2.24) is 0 Å². The van der Waals surface area contributed by atoms with Crippen LogP contribution in [0.25, 0.3) is 11.1 Å². The van der Waals surface area contributed by atoms with E-state index in [0.717, 1.165) is 16.8 Å². The second kappa shape index (κ2) is 4.99. The van der Waals surface area contributed by atoms with Gasteiger partial charge in [0.05, 0.1) is 16.3 Å². The molecule has 0 saturated carbocycles. The zero-order chi connectivity index (χ0) is 13.1. The molecule has 2 aromatic carbocycles. The third-order valence-corrected chi connectivity index (χ3v) is 3.14. The minimum absolute atomic E-state index is 0.323. The van der Waals surface area contributed by atoms with Crippen molar-refractivity contribution in [3.63, 3.8) is 0 Å². The van der Waals surface area contributed by atoms with Crippen LogP contribution in [0.1, 0.15) is 5.56 Å². The minimum atomic E-state index is 0.323. The van der Waals surface area contributed by atoms with Crippen LogP contribution in [0.5, 0.6) is 0 Å². The average Bonchev–Trinajstić information content (AvgIpc) is 2.39.